The fourth-order valence-corrected chi connectivity index (χ4v) is 4.04. The maximum Gasteiger partial charge on any atom is 0.416 e. The largest absolute Gasteiger partial charge is 0.416 e. The lowest BCUT2D eigenvalue weighted by molar-refractivity contribution is -0.137. The van der Waals surface area contributed by atoms with E-state index in [-0.39, 0.29) is 15.7 Å². The highest BCUT2D eigenvalue weighted by Crippen LogP contribution is 2.41. The lowest BCUT2D eigenvalue weighted by atomic mass is 9.96. The van der Waals surface area contributed by atoms with Gasteiger partial charge in [0.05, 0.1) is 23.4 Å². The Bertz CT molecular complexity index is 889. The lowest BCUT2D eigenvalue weighted by Crippen LogP contribution is -2.61. The van der Waals surface area contributed by atoms with E-state index in [0.29, 0.717) is 26.1 Å². The molecule has 1 heterocycles. The van der Waals surface area contributed by atoms with Crippen molar-refractivity contribution in [3.05, 3.63) is 63.6 Å². The van der Waals surface area contributed by atoms with Gasteiger partial charge < -0.3 is 15.0 Å². The van der Waals surface area contributed by atoms with Crippen LogP contribution in [0.3, 0.4) is 0 Å². The molecule has 0 radical (unpaired) electrons. The summed E-state index contributed by atoms with van der Waals surface area (Å²) in [5.41, 5.74) is -0.0796. The molecule has 2 aromatic rings. The van der Waals surface area contributed by atoms with Crippen molar-refractivity contribution in [3.8, 4) is 0 Å². The summed E-state index contributed by atoms with van der Waals surface area (Å²) in [5.74, 6) is -0.397. The Balaban J connectivity index is 1.70. The molecule has 2 aromatic carbocycles. The first-order valence-electron chi connectivity index (χ1n) is 9.20. The van der Waals surface area contributed by atoms with Crippen LogP contribution in [0.5, 0.6) is 0 Å². The van der Waals surface area contributed by atoms with Gasteiger partial charge in [-0.1, -0.05) is 30.3 Å². The first-order valence-corrected chi connectivity index (χ1v) is 10.00. The van der Waals surface area contributed by atoms with Crippen LogP contribution in [0.15, 0.2) is 46.9 Å². The Kier molecular flexibility index (Phi) is 6.24. The highest BCUT2D eigenvalue weighted by Gasteiger charge is 2.41. The Morgan fingerprint density at radius 3 is 2.55 bits per heavy atom. The molecule has 29 heavy (non-hydrogen) atoms. The molecule has 1 atom stereocenters. The van der Waals surface area contributed by atoms with E-state index >= 15 is 0 Å². The number of ether oxygens (including phenoxy) is 1. The summed E-state index contributed by atoms with van der Waals surface area (Å²) in [6.45, 7) is 2.77. The monoisotopic (exact) mass is 470 g/mol. The van der Waals surface area contributed by atoms with Gasteiger partial charge in [0.2, 0.25) is 0 Å². The summed E-state index contributed by atoms with van der Waals surface area (Å²) < 4.78 is 45.5. The molecule has 0 spiro atoms. The van der Waals surface area contributed by atoms with Crippen molar-refractivity contribution >= 4 is 27.5 Å². The zero-order chi connectivity index (χ0) is 21.2. The lowest BCUT2D eigenvalue weighted by Gasteiger charge is -2.45. The third-order valence-electron chi connectivity index (χ3n) is 5.17. The van der Waals surface area contributed by atoms with E-state index in [9.17, 15) is 18.0 Å². The minimum Gasteiger partial charge on any atom is -0.377 e. The van der Waals surface area contributed by atoms with Crippen LogP contribution >= 0.6 is 15.9 Å². The Morgan fingerprint density at radius 1 is 1.21 bits per heavy atom. The SMILES string of the molecule is CN1c2cc(C(F)(F)F)cc(Br)c2C(=O)NC1(C)CCCOCc1ccccc1. The van der Waals surface area contributed by atoms with E-state index in [1.807, 2.05) is 30.3 Å². The van der Waals surface area contributed by atoms with E-state index in [1.54, 1.807) is 18.9 Å². The van der Waals surface area contributed by atoms with E-state index in [2.05, 4.69) is 21.2 Å². The predicted octanol–water partition coefficient (Wildman–Crippen LogP) is 5.36. The summed E-state index contributed by atoms with van der Waals surface area (Å²) >= 11 is 3.12. The number of alkyl halides is 3. The number of hydrogen-bond donors (Lipinski definition) is 1. The number of benzene rings is 2. The van der Waals surface area contributed by atoms with Crippen molar-refractivity contribution in [2.75, 3.05) is 18.6 Å². The van der Waals surface area contributed by atoms with Gasteiger partial charge >= 0.3 is 6.18 Å². The summed E-state index contributed by atoms with van der Waals surface area (Å²) in [4.78, 5) is 14.3. The second kappa shape index (κ2) is 8.36. The molecule has 8 heteroatoms. The number of amides is 1. The van der Waals surface area contributed by atoms with E-state index in [4.69, 9.17) is 4.74 Å². The number of carbonyl (C=O) groups excluding carboxylic acids is 1. The van der Waals surface area contributed by atoms with E-state index in [0.717, 1.165) is 17.7 Å². The Morgan fingerprint density at radius 2 is 1.90 bits per heavy atom. The van der Waals surface area contributed by atoms with E-state index < -0.39 is 23.3 Å². The van der Waals surface area contributed by atoms with Crippen LogP contribution in [0.2, 0.25) is 0 Å². The fraction of sp³-hybridized carbons (Fsp3) is 0.381. The normalized spacial score (nSPS) is 19.1. The molecule has 1 aliphatic rings. The van der Waals surface area contributed by atoms with Crippen LogP contribution in [-0.2, 0) is 17.5 Å². The fourth-order valence-electron chi connectivity index (χ4n) is 3.41. The summed E-state index contributed by atoms with van der Waals surface area (Å²) in [6, 6.07) is 11.7. The molecule has 0 saturated carbocycles. The van der Waals surface area contributed by atoms with Gasteiger partial charge in [-0.3, -0.25) is 4.79 Å². The highest BCUT2D eigenvalue weighted by atomic mass is 79.9. The third kappa shape index (κ3) is 4.75. The molecule has 3 rings (SSSR count). The van der Waals surface area contributed by atoms with E-state index in [1.165, 1.54) is 0 Å². The van der Waals surface area contributed by atoms with Crippen molar-refractivity contribution in [2.24, 2.45) is 0 Å². The Hall–Kier alpha value is -2.06. The highest BCUT2D eigenvalue weighted by molar-refractivity contribution is 9.10. The number of anilines is 1. The van der Waals surface area contributed by atoms with Gasteiger partial charge in [0.25, 0.3) is 5.91 Å². The summed E-state index contributed by atoms with van der Waals surface area (Å²) in [6.07, 6.45) is -3.32. The quantitative estimate of drug-likeness (QED) is 0.577. The van der Waals surface area contributed by atoms with Gasteiger partial charge in [0.15, 0.2) is 0 Å². The van der Waals surface area contributed by atoms with Crippen molar-refractivity contribution < 1.29 is 22.7 Å². The zero-order valence-corrected chi connectivity index (χ0v) is 17.7. The minimum absolute atomic E-state index is 0.125. The zero-order valence-electron chi connectivity index (χ0n) is 16.1. The van der Waals surface area contributed by atoms with Gasteiger partial charge in [0.1, 0.15) is 5.66 Å². The topological polar surface area (TPSA) is 41.6 Å². The molecule has 0 saturated heterocycles. The van der Waals surface area contributed by atoms with Crippen molar-refractivity contribution in [2.45, 2.75) is 38.2 Å². The maximum absolute atomic E-state index is 13.2. The molecule has 0 fully saturated rings. The number of nitrogens with one attached hydrogen (secondary N) is 1. The smallest absolute Gasteiger partial charge is 0.377 e. The predicted molar refractivity (Wildman–Crippen MR) is 109 cm³/mol. The van der Waals surface area contributed by atoms with Crippen LogP contribution in [-0.4, -0.2) is 25.2 Å². The molecular formula is C21H22BrF3N2O2. The van der Waals surface area contributed by atoms with Crippen molar-refractivity contribution in [1.29, 1.82) is 0 Å². The van der Waals surface area contributed by atoms with Crippen molar-refractivity contribution in [1.82, 2.24) is 5.32 Å². The Labute approximate surface area is 176 Å². The van der Waals surface area contributed by atoms with Gasteiger partial charge in [-0.05, 0) is 53.4 Å². The molecule has 0 aromatic heterocycles. The number of rotatable bonds is 6. The van der Waals surface area contributed by atoms with Crippen LogP contribution in [0.4, 0.5) is 18.9 Å². The third-order valence-corrected chi connectivity index (χ3v) is 5.80. The van der Waals surface area contributed by atoms with Gasteiger partial charge in [-0.15, -0.1) is 0 Å². The van der Waals surface area contributed by atoms with Gasteiger partial charge in [0, 0.05) is 18.1 Å². The average molecular weight is 471 g/mol. The molecule has 1 unspecified atom stereocenters. The second-order valence-corrected chi connectivity index (χ2v) is 8.13. The first kappa shape index (κ1) is 21.6. The van der Waals surface area contributed by atoms with Gasteiger partial charge in [-0.2, -0.15) is 13.2 Å². The molecule has 1 amide bonds. The van der Waals surface area contributed by atoms with Crippen LogP contribution in [0, 0.1) is 0 Å². The molecule has 0 bridgehead atoms. The van der Waals surface area contributed by atoms with Gasteiger partial charge in [-0.25, -0.2) is 0 Å². The van der Waals surface area contributed by atoms with Crippen molar-refractivity contribution in [3.63, 3.8) is 0 Å². The van der Waals surface area contributed by atoms with Crippen LogP contribution in [0.1, 0.15) is 41.3 Å². The second-order valence-electron chi connectivity index (χ2n) is 7.28. The average Bonchev–Trinajstić information content (AvgIpc) is 2.65. The number of fused-ring (bicyclic) bond motifs is 1. The number of nitrogens with zero attached hydrogens (tertiary/aromatic N) is 1. The number of halogens is 4. The molecule has 0 aliphatic carbocycles. The molecule has 156 valence electrons. The molecular weight excluding hydrogens is 449 g/mol. The summed E-state index contributed by atoms with van der Waals surface area (Å²) in [7, 11) is 1.69. The molecule has 1 N–H and O–H groups in total. The maximum atomic E-state index is 13.2. The first-order chi connectivity index (χ1) is 13.6. The standard InChI is InChI=1S/C21H22BrF3N2O2/c1-20(9-6-10-29-13-14-7-4-3-5-8-14)26-19(28)18-16(22)11-15(21(23,24)25)12-17(18)27(20)2/h3-5,7-8,11-12H,6,9-10,13H2,1-2H3,(H,26,28). The number of hydrogen-bond acceptors (Lipinski definition) is 3. The molecule has 1 aliphatic heterocycles. The van der Waals surface area contributed by atoms with Crippen LogP contribution in [0.25, 0.3) is 0 Å². The minimum atomic E-state index is -4.49. The number of carbonyl (C=O) groups is 1. The van der Waals surface area contributed by atoms with Crippen LogP contribution < -0.4 is 10.2 Å². The summed E-state index contributed by atoms with van der Waals surface area (Å²) in [5, 5.41) is 2.93. The molecule has 4 nitrogen and oxygen atoms in total.